The van der Waals surface area contributed by atoms with Crippen molar-refractivity contribution in [2.24, 2.45) is 11.7 Å². The van der Waals surface area contributed by atoms with Crippen molar-refractivity contribution in [3.05, 3.63) is 0 Å². The Balaban J connectivity index is 2.70. The Kier molecular flexibility index (Phi) is 4.41. The van der Waals surface area contributed by atoms with Gasteiger partial charge in [-0.2, -0.15) is 0 Å². The van der Waals surface area contributed by atoms with Crippen LogP contribution in [0, 0.1) is 5.92 Å². The zero-order chi connectivity index (χ0) is 13.0. The van der Waals surface area contributed by atoms with E-state index >= 15 is 0 Å². The first-order valence-electron chi connectivity index (χ1n) is 4.97. The Morgan fingerprint density at radius 1 is 1.18 bits per heavy atom. The largest absolute Gasteiger partial charge is 0.480 e. The SMILES string of the molecule is NC1COCC1C(=O)N(CC(=O)O)CC(=O)O. The number of amides is 1. The molecule has 0 aromatic heterocycles. The number of carboxylic acid groups (broad SMARTS) is 2. The molecular weight excluding hydrogens is 232 g/mol. The molecule has 0 aromatic rings. The van der Waals surface area contributed by atoms with Crippen LogP contribution in [0.1, 0.15) is 0 Å². The van der Waals surface area contributed by atoms with Crippen molar-refractivity contribution in [1.29, 1.82) is 0 Å². The first kappa shape index (κ1) is 13.4. The van der Waals surface area contributed by atoms with E-state index in [-0.39, 0.29) is 13.2 Å². The number of carbonyl (C=O) groups excluding carboxylic acids is 1. The third-order valence-electron chi connectivity index (χ3n) is 2.41. The van der Waals surface area contributed by atoms with Gasteiger partial charge in [-0.15, -0.1) is 0 Å². The van der Waals surface area contributed by atoms with Crippen LogP contribution < -0.4 is 5.73 Å². The average molecular weight is 246 g/mol. The fourth-order valence-electron chi connectivity index (χ4n) is 1.60. The molecule has 4 N–H and O–H groups in total. The van der Waals surface area contributed by atoms with Gasteiger partial charge in [0.2, 0.25) is 5.91 Å². The summed E-state index contributed by atoms with van der Waals surface area (Å²) in [5.74, 6) is -3.81. The summed E-state index contributed by atoms with van der Waals surface area (Å²) in [7, 11) is 0. The molecule has 0 saturated carbocycles. The van der Waals surface area contributed by atoms with E-state index in [1.165, 1.54) is 0 Å². The third-order valence-corrected chi connectivity index (χ3v) is 2.41. The molecule has 1 rings (SSSR count). The number of rotatable bonds is 5. The summed E-state index contributed by atoms with van der Waals surface area (Å²) in [6.07, 6.45) is 0. The lowest BCUT2D eigenvalue weighted by molar-refractivity contribution is -0.151. The van der Waals surface area contributed by atoms with Crippen LogP contribution in [-0.2, 0) is 19.1 Å². The maximum Gasteiger partial charge on any atom is 0.323 e. The molecule has 1 fully saturated rings. The predicted molar refractivity (Wildman–Crippen MR) is 54.1 cm³/mol. The molecule has 1 saturated heterocycles. The molecule has 17 heavy (non-hydrogen) atoms. The van der Waals surface area contributed by atoms with Gasteiger partial charge in [-0.05, 0) is 0 Å². The standard InChI is InChI=1S/C9H14N2O6/c10-6-4-17-3-5(6)9(16)11(1-7(12)13)2-8(14)15/h5-6H,1-4,10H2,(H,12,13)(H,14,15). The summed E-state index contributed by atoms with van der Waals surface area (Å²) in [5.41, 5.74) is 5.61. The fourth-order valence-corrected chi connectivity index (χ4v) is 1.60. The van der Waals surface area contributed by atoms with E-state index in [9.17, 15) is 14.4 Å². The van der Waals surface area contributed by atoms with Crippen molar-refractivity contribution >= 4 is 17.8 Å². The molecule has 1 amide bonds. The van der Waals surface area contributed by atoms with Crippen molar-refractivity contribution in [3.8, 4) is 0 Å². The Morgan fingerprint density at radius 3 is 2.06 bits per heavy atom. The Hall–Kier alpha value is -1.67. The van der Waals surface area contributed by atoms with Crippen molar-refractivity contribution in [2.45, 2.75) is 6.04 Å². The van der Waals surface area contributed by atoms with Gasteiger partial charge in [-0.3, -0.25) is 14.4 Å². The zero-order valence-corrected chi connectivity index (χ0v) is 9.04. The van der Waals surface area contributed by atoms with E-state index in [2.05, 4.69) is 0 Å². The molecular formula is C9H14N2O6. The predicted octanol–water partition coefficient (Wildman–Crippen LogP) is -2.04. The molecule has 2 unspecified atom stereocenters. The second-order valence-electron chi connectivity index (χ2n) is 3.79. The van der Waals surface area contributed by atoms with E-state index < -0.39 is 42.9 Å². The molecule has 0 radical (unpaired) electrons. The Morgan fingerprint density at radius 2 is 1.71 bits per heavy atom. The maximum absolute atomic E-state index is 11.9. The van der Waals surface area contributed by atoms with Gasteiger partial charge in [0, 0.05) is 6.04 Å². The van der Waals surface area contributed by atoms with E-state index in [4.69, 9.17) is 20.7 Å². The summed E-state index contributed by atoms with van der Waals surface area (Å²) < 4.78 is 4.98. The number of carboxylic acids is 2. The van der Waals surface area contributed by atoms with Gasteiger partial charge in [0.25, 0.3) is 0 Å². The van der Waals surface area contributed by atoms with E-state index in [1.807, 2.05) is 0 Å². The number of aliphatic carboxylic acids is 2. The first-order valence-corrected chi connectivity index (χ1v) is 4.97. The molecule has 0 aromatic carbocycles. The zero-order valence-electron chi connectivity index (χ0n) is 9.04. The number of nitrogens with two attached hydrogens (primary N) is 1. The van der Waals surface area contributed by atoms with Crippen LogP contribution in [0.5, 0.6) is 0 Å². The number of hydrogen-bond acceptors (Lipinski definition) is 5. The molecule has 0 bridgehead atoms. The maximum atomic E-state index is 11.9. The van der Waals surface area contributed by atoms with Crippen LogP contribution in [0.25, 0.3) is 0 Å². The summed E-state index contributed by atoms with van der Waals surface area (Å²) >= 11 is 0. The molecule has 0 spiro atoms. The molecule has 1 heterocycles. The summed E-state index contributed by atoms with van der Waals surface area (Å²) in [4.78, 5) is 33.7. The molecule has 1 aliphatic heterocycles. The van der Waals surface area contributed by atoms with Crippen LogP contribution in [0.4, 0.5) is 0 Å². The van der Waals surface area contributed by atoms with Gasteiger partial charge in [0.15, 0.2) is 0 Å². The van der Waals surface area contributed by atoms with Crippen LogP contribution in [0.2, 0.25) is 0 Å². The van der Waals surface area contributed by atoms with Crippen LogP contribution in [-0.4, -0.2) is 65.3 Å². The first-order chi connectivity index (χ1) is 7.91. The van der Waals surface area contributed by atoms with Crippen LogP contribution in [0.3, 0.4) is 0 Å². The van der Waals surface area contributed by atoms with Crippen molar-refractivity contribution in [1.82, 2.24) is 4.90 Å². The minimum atomic E-state index is -1.27. The Labute approximate surface area is 96.9 Å². The Bertz CT molecular complexity index is 315. The summed E-state index contributed by atoms with van der Waals surface area (Å²) in [6, 6.07) is -0.521. The quantitative estimate of drug-likeness (QED) is 0.509. The van der Waals surface area contributed by atoms with Gasteiger partial charge in [-0.25, -0.2) is 0 Å². The molecule has 96 valence electrons. The third kappa shape index (κ3) is 3.68. The highest BCUT2D eigenvalue weighted by Crippen LogP contribution is 2.14. The van der Waals surface area contributed by atoms with Gasteiger partial charge >= 0.3 is 11.9 Å². The second-order valence-corrected chi connectivity index (χ2v) is 3.79. The minimum absolute atomic E-state index is 0.0930. The summed E-state index contributed by atoms with van der Waals surface area (Å²) in [6.45, 7) is -1.01. The van der Waals surface area contributed by atoms with Crippen molar-refractivity contribution < 1.29 is 29.3 Å². The van der Waals surface area contributed by atoms with Gasteiger partial charge in [-0.1, -0.05) is 0 Å². The second kappa shape index (κ2) is 5.60. The topological polar surface area (TPSA) is 130 Å². The fraction of sp³-hybridized carbons (Fsp3) is 0.667. The van der Waals surface area contributed by atoms with Crippen molar-refractivity contribution in [3.63, 3.8) is 0 Å². The monoisotopic (exact) mass is 246 g/mol. The lowest BCUT2D eigenvalue weighted by Gasteiger charge is -2.23. The number of hydrogen-bond donors (Lipinski definition) is 3. The number of ether oxygens (including phenoxy) is 1. The highest BCUT2D eigenvalue weighted by Gasteiger charge is 2.35. The highest BCUT2D eigenvalue weighted by molar-refractivity contribution is 5.87. The average Bonchev–Trinajstić information content (AvgIpc) is 2.61. The lowest BCUT2D eigenvalue weighted by Crippen LogP contribution is -2.47. The van der Waals surface area contributed by atoms with Crippen LogP contribution >= 0.6 is 0 Å². The summed E-state index contributed by atoms with van der Waals surface area (Å²) in [5, 5.41) is 17.2. The van der Waals surface area contributed by atoms with E-state index in [0.717, 1.165) is 4.90 Å². The molecule has 2 atom stereocenters. The van der Waals surface area contributed by atoms with Crippen molar-refractivity contribution in [2.75, 3.05) is 26.3 Å². The highest BCUT2D eigenvalue weighted by atomic mass is 16.5. The van der Waals surface area contributed by atoms with E-state index in [1.54, 1.807) is 0 Å². The van der Waals surface area contributed by atoms with E-state index in [0.29, 0.717) is 0 Å². The number of carbonyl (C=O) groups is 3. The lowest BCUT2D eigenvalue weighted by atomic mass is 10.0. The van der Waals surface area contributed by atoms with Gasteiger partial charge in [0.05, 0.1) is 19.1 Å². The minimum Gasteiger partial charge on any atom is -0.480 e. The van der Waals surface area contributed by atoms with Crippen LogP contribution in [0.15, 0.2) is 0 Å². The molecule has 0 aliphatic carbocycles. The van der Waals surface area contributed by atoms with Gasteiger partial charge < -0.3 is 25.6 Å². The smallest absolute Gasteiger partial charge is 0.323 e. The number of nitrogens with zero attached hydrogens (tertiary/aromatic N) is 1. The van der Waals surface area contributed by atoms with Gasteiger partial charge in [0.1, 0.15) is 13.1 Å². The normalized spacial score (nSPS) is 23.4. The molecule has 8 nitrogen and oxygen atoms in total. The molecule has 1 aliphatic rings. The molecule has 8 heteroatoms.